The van der Waals surface area contributed by atoms with E-state index in [9.17, 15) is 8.42 Å². The Labute approximate surface area is 171 Å². The van der Waals surface area contributed by atoms with Crippen LogP contribution in [0.25, 0.3) is 0 Å². The lowest BCUT2D eigenvalue weighted by atomic mass is 10.1. The third kappa shape index (κ3) is 4.88. The summed E-state index contributed by atoms with van der Waals surface area (Å²) in [5.41, 5.74) is 1.53. The van der Waals surface area contributed by atoms with E-state index in [1.807, 2.05) is 0 Å². The molecule has 3 rings (SSSR count). The highest BCUT2D eigenvalue weighted by molar-refractivity contribution is 7.90. The van der Waals surface area contributed by atoms with Crippen LogP contribution >= 0.6 is 0 Å². The van der Waals surface area contributed by atoms with E-state index in [1.165, 1.54) is 4.31 Å². The van der Waals surface area contributed by atoms with Crippen LogP contribution in [0.2, 0.25) is 0 Å². The third-order valence-electron chi connectivity index (χ3n) is 5.19. The number of alkyl halides is 1. The molecule has 2 aromatic carbocycles. The van der Waals surface area contributed by atoms with Gasteiger partial charge in [-0.1, -0.05) is 24.3 Å². The Hall–Kier alpha value is -2.16. The summed E-state index contributed by atoms with van der Waals surface area (Å²) in [5.74, 6) is 1.36. The maximum Gasteiger partial charge on any atom is 0.250 e. The number of nitrogens with zero attached hydrogens (tertiary/aromatic N) is 1. The highest BCUT2D eigenvalue weighted by Crippen LogP contribution is 2.34. The van der Waals surface area contributed by atoms with Crippen molar-refractivity contribution in [2.45, 2.75) is 30.9 Å². The standard InChI is InChI=1S/C21H27FN2O4S/c1-27-19-7-3-17(4-8-19)15-24(16-18-5-9-20(28-2)10-6-18)29(25,26)21(22)11-13-23-14-12-21/h3-10,23H,11-16H2,1-2H3. The second-order valence-corrected chi connectivity index (χ2v) is 9.30. The summed E-state index contributed by atoms with van der Waals surface area (Å²) in [6.07, 6.45) is -0.117. The van der Waals surface area contributed by atoms with Crippen molar-refractivity contribution in [2.24, 2.45) is 0 Å². The van der Waals surface area contributed by atoms with Gasteiger partial charge in [-0.2, -0.15) is 4.31 Å². The van der Waals surface area contributed by atoms with Gasteiger partial charge >= 0.3 is 0 Å². The zero-order valence-corrected chi connectivity index (χ0v) is 17.5. The van der Waals surface area contributed by atoms with Crippen molar-refractivity contribution in [2.75, 3.05) is 27.3 Å². The SMILES string of the molecule is COc1ccc(CN(Cc2ccc(OC)cc2)S(=O)(=O)C2(F)CCNCC2)cc1. The predicted molar refractivity (Wildman–Crippen MR) is 110 cm³/mol. The molecule has 0 unspecified atom stereocenters. The molecule has 0 amide bonds. The smallest absolute Gasteiger partial charge is 0.250 e. The first kappa shape index (κ1) is 21.5. The van der Waals surface area contributed by atoms with Crippen molar-refractivity contribution >= 4 is 10.0 Å². The summed E-state index contributed by atoms with van der Waals surface area (Å²) in [6, 6.07) is 14.2. The van der Waals surface area contributed by atoms with Crippen LogP contribution in [-0.4, -0.2) is 45.0 Å². The molecule has 1 aliphatic heterocycles. The first-order valence-electron chi connectivity index (χ1n) is 9.53. The van der Waals surface area contributed by atoms with Crippen molar-refractivity contribution in [3.63, 3.8) is 0 Å². The van der Waals surface area contributed by atoms with Gasteiger partial charge in [0.2, 0.25) is 15.0 Å². The average molecular weight is 423 g/mol. The largest absolute Gasteiger partial charge is 0.497 e. The lowest BCUT2D eigenvalue weighted by Gasteiger charge is -2.35. The summed E-state index contributed by atoms with van der Waals surface area (Å²) < 4.78 is 53.8. The van der Waals surface area contributed by atoms with E-state index < -0.39 is 15.0 Å². The minimum atomic E-state index is -4.19. The molecule has 1 fully saturated rings. The van der Waals surface area contributed by atoms with Crippen LogP contribution in [0.1, 0.15) is 24.0 Å². The minimum absolute atomic E-state index is 0.0585. The lowest BCUT2D eigenvalue weighted by molar-refractivity contribution is 0.190. The van der Waals surface area contributed by atoms with Crippen molar-refractivity contribution in [3.05, 3.63) is 59.7 Å². The lowest BCUT2D eigenvalue weighted by Crippen LogP contribution is -2.50. The van der Waals surface area contributed by atoms with Crippen LogP contribution in [0.3, 0.4) is 0 Å². The van der Waals surface area contributed by atoms with E-state index in [1.54, 1.807) is 62.8 Å². The van der Waals surface area contributed by atoms with Gasteiger partial charge in [-0.3, -0.25) is 0 Å². The van der Waals surface area contributed by atoms with Gasteiger partial charge in [0.1, 0.15) is 11.5 Å². The molecular formula is C21H27FN2O4S. The van der Waals surface area contributed by atoms with E-state index in [-0.39, 0.29) is 25.9 Å². The molecule has 0 aromatic heterocycles. The molecule has 1 saturated heterocycles. The van der Waals surface area contributed by atoms with E-state index in [0.717, 1.165) is 11.1 Å². The summed E-state index contributed by atoms with van der Waals surface area (Å²) in [5, 5.41) is 0.758. The topological polar surface area (TPSA) is 67.9 Å². The molecule has 1 aliphatic rings. The van der Waals surface area contributed by atoms with Gasteiger partial charge in [0.25, 0.3) is 0 Å². The number of ether oxygens (including phenoxy) is 2. The van der Waals surface area contributed by atoms with Crippen molar-refractivity contribution in [1.29, 1.82) is 0 Å². The van der Waals surface area contributed by atoms with E-state index in [4.69, 9.17) is 9.47 Å². The molecule has 6 nitrogen and oxygen atoms in total. The molecular weight excluding hydrogens is 395 g/mol. The second kappa shape index (κ2) is 9.11. The number of sulfonamides is 1. The molecule has 0 bridgehead atoms. The maximum absolute atomic E-state index is 15.5. The number of nitrogens with one attached hydrogen (secondary N) is 1. The Bertz CT molecular complexity index is 846. The van der Waals surface area contributed by atoms with Gasteiger partial charge < -0.3 is 14.8 Å². The van der Waals surface area contributed by atoms with Crippen LogP contribution in [0, 0.1) is 0 Å². The summed E-state index contributed by atoms with van der Waals surface area (Å²) in [6.45, 7) is 0.845. The number of methoxy groups -OCH3 is 2. The number of halogens is 1. The van der Waals surface area contributed by atoms with Gasteiger partial charge in [0.05, 0.1) is 14.2 Å². The van der Waals surface area contributed by atoms with E-state index in [2.05, 4.69) is 5.32 Å². The Morgan fingerprint density at radius 1 is 0.897 bits per heavy atom. The van der Waals surface area contributed by atoms with Crippen molar-refractivity contribution in [3.8, 4) is 11.5 Å². The predicted octanol–water partition coefficient (Wildman–Crippen LogP) is 3.09. The van der Waals surface area contributed by atoms with Gasteiger partial charge in [0.15, 0.2) is 0 Å². The first-order chi connectivity index (χ1) is 13.9. The zero-order valence-electron chi connectivity index (χ0n) is 16.7. The van der Waals surface area contributed by atoms with Crippen LogP contribution in [0.5, 0.6) is 11.5 Å². The van der Waals surface area contributed by atoms with E-state index >= 15 is 4.39 Å². The molecule has 29 heavy (non-hydrogen) atoms. The van der Waals surface area contributed by atoms with E-state index in [0.29, 0.717) is 24.6 Å². The number of hydrogen-bond donors (Lipinski definition) is 1. The van der Waals surface area contributed by atoms with Gasteiger partial charge in [-0.25, -0.2) is 12.8 Å². The van der Waals surface area contributed by atoms with Gasteiger partial charge in [-0.15, -0.1) is 0 Å². The normalized spacial score (nSPS) is 16.6. The van der Waals surface area contributed by atoms with Crippen LogP contribution in [0.4, 0.5) is 4.39 Å². The molecule has 0 saturated carbocycles. The fourth-order valence-corrected chi connectivity index (χ4v) is 5.21. The highest BCUT2D eigenvalue weighted by atomic mass is 32.2. The number of benzene rings is 2. The average Bonchev–Trinajstić information content (AvgIpc) is 2.74. The Balaban J connectivity index is 1.90. The number of hydrogen-bond acceptors (Lipinski definition) is 5. The monoisotopic (exact) mass is 422 g/mol. The van der Waals surface area contributed by atoms with Crippen molar-refractivity contribution in [1.82, 2.24) is 9.62 Å². The molecule has 1 N–H and O–H groups in total. The fraction of sp³-hybridized carbons (Fsp3) is 0.429. The Kier molecular flexibility index (Phi) is 6.77. The van der Waals surface area contributed by atoms with Crippen LogP contribution in [0.15, 0.2) is 48.5 Å². The highest BCUT2D eigenvalue weighted by Gasteiger charge is 2.48. The third-order valence-corrected chi connectivity index (χ3v) is 7.46. The quantitative estimate of drug-likeness (QED) is 0.708. The minimum Gasteiger partial charge on any atom is -0.497 e. The summed E-state index contributed by atoms with van der Waals surface area (Å²) in [4.78, 5) is 0. The summed E-state index contributed by atoms with van der Waals surface area (Å²) >= 11 is 0. The summed E-state index contributed by atoms with van der Waals surface area (Å²) in [7, 11) is -1.05. The maximum atomic E-state index is 15.5. The Morgan fingerprint density at radius 3 is 1.69 bits per heavy atom. The number of piperidine rings is 1. The van der Waals surface area contributed by atoms with Crippen molar-refractivity contribution < 1.29 is 22.3 Å². The molecule has 0 aliphatic carbocycles. The molecule has 158 valence electrons. The fourth-order valence-electron chi connectivity index (χ4n) is 3.38. The van der Waals surface area contributed by atoms with Gasteiger partial charge in [-0.05, 0) is 48.5 Å². The second-order valence-electron chi connectivity index (χ2n) is 7.10. The number of rotatable bonds is 8. The van der Waals surface area contributed by atoms with Gasteiger partial charge in [0, 0.05) is 25.9 Å². The van der Waals surface area contributed by atoms with Crippen LogP contribution < -0.4 is 14.8 Å². The molecule has 2 aromatic rings. The molecule has 0 spiro atoms. The Morgan fingerprint density at radius 2 is 1.31 bits per heavy atom. The molecule has 0 radical (unpaired) electrons. The van der Waals surface area contributed by atoms with Crippen LogP contribution in [-0.2, 0) is 23.1 Å². The molecule has 0 atom stereocenters. The first-order valence-corrected chi connectivity index (χ1v) is 11.0. The zero-order chi connectivity index (χ0) is 20.9. The molecule has 8 heteroatoms. The molecule has 1 heterocycles.